The monoisotopic (exact) mass is 420 g/mol. The molecular formula is C31H20N2. The summed E-state index contributed by atoms with van der Waals surface area (Å²) >= 11 is 0. The molecule has 0 saturated carbocycles. The van der Waals surface area contributed by atoms with Gasteiger partial charge >= 0.3 is 0 Å². The van der Waals surface area contributed by atoms with Crippen molar-refractivity contribution in [3.63, 3.8) is 0 Å². The van der Waals surface area contributed by atoms with Gasteiger partial charge in [0, 0.05) is 39.3 Å². The number of nitrogens with zero attached hydrogens (tertiary/aromatic N) is 2. The highest BCUT2D eigenvalue weighted by Crippen LogP contribution is 2.42. The van der Waals surface area contributed by atoms with Crippen molar-refractivity contribution in [1.29, 1.82) is 0 Å². The van der Waals surface area contributed by atoms with E-state index in [1.54, 1.807) is 0 Å². The van der Waals surface area contributed by atoms with Crippen LogP contribution < -0.4 is 0 Å². The lowest BCUT2D eigenvalue weighted by Gasteiger charge is -2.12. The molecule has 7 aromatic rings. The average Bonchev–Trinajstić information content (AvgIpc) is 3.49. The van der Waals surface area contributed by atoms with Crippen LogP contribution in [0.3, 0.4) is 0 Å². The second-order valence-electron chi connectivity index (χ2n) is 9.02. The van der Waals surface area contributed by atoms with Crippen LogP contribution in [0.1, 0.15) is 11.1 Å². The first-order valence-corrected chi connectivity index (χ1v) is 11.5. The first kappa shape index (κ1) is 17.3. The van der Waals surface area contributed by atoms with Crippen LogP contribution in [0.15, 0.2) is 109 Å². The minimum atomic E-state index is 1.10. The molecule has 1 aliphatic rings. The van der Waals surface area contributed by atoms with E-state index in [1.807, 2.05) is 0 Å². The van der Waals surface area contributed by atoms with E-state index in [0.29, 0.717) is 0 Å². The zero-order valence-electron chi connectivity index (χ0n) is 18.0. The van der Waals surface area contributed by atoms with Crippen molar-refractivity contribution in [1.82, 2.24) is 9.13 Å². The summed E-state index contributed by atoms with van der Waals surface area (Å²) in [6.45, 7) is 0. The molecule has 0 saturated heterocycles. The van der Waals surface area contributed by atoms with Gasteiger partial charge in [-0.2, -0.15) is 0 Å². The van der Waals surface area contributed by atoms with E-state index in [0.717, 1.165) is 6.42 Å². The fourth-order valence-electron chi connectivity index (χ4n) is 5.70. The lowest BCUT2D eigenvalue weighted by Crippen LogP contribution is -1.98. The van der Waals surface area contributed by atoms with E-state index in [1.165, 1.54) is 66.1 Å². The molecule has 154 valence electrons. The molecule has 0 radical (unpaired) electrons. The van der Waals surface area contributed by atoms with Crippen LogP contribution in [-0.4, -0.2) is 9.13 Å². The molecule has 0 amide bonds. The minimum Gasteiger partial charge on any atom is -0.309 e. The van der Waals surface area contributed by atoms with E-state index in [9.17, 15) is 0 Å². The Morgan fingerprint density at radius 1 is 0.455 bits per heavy atom. The molecule has 2 nitrogen and oxygen atoms in total. The topological polar surface area (TPSA) is 9.86 Å². The van der Waals surface area contributed by atoms with E-state index in [4.69, 9.17) is 0 Å². The molecule has 2 heteroatoms. The predicted molar refractivity (Wildman–Crippen MR) is 138 cm³/mol. The number of hydrogen-bond donors (Lipinski definition) is 0. The van der Waals surface area contributed by atoms with Crippen LogP contribution in [0.5, 0.6) is 0 Å². The van der Waals surface area contributed by atoms with Crippen LogP contribution in [-0.2, 0) is 6.42 Å². The number of aromatic nitrogens is 2. The Balaban J connectivity index is 1.46. The summed E-state index contributed by atoms with van der Waals surface area (Å²) < 4.78 is 4.86. The van der Waals surface area contributed by atoms with Gasteiger partial charge in [0.2, 0.25) is 0 Å². The molecule has 8 rings (SSSR count). The van der Waals surface area contributed by atoms with Gasteiger partial charge in [0.1, 0.15) is 0 Å². The van der Waals surface area contributed by atoms with Crippen molar-refractivity contribution >= 4 is 43.6 Å². The molecule has 2 heterocycles. The molecule has 0 spiro atoms. The largest absolute Gasteiger partial charge is 0.309 e. The molecule has 0 atom stereocenters. The van der Waals surface area contributed by atoms with Gasteiger partial charge in [0.15, 0.2) is 0 Å². The Kier molecular flexibility index (Phi) is 3.22. The van der Waals surface area contributed by atoms with Gasteiger partial charge in [0.25, 0.3) is 0 Å². The molecular weight excluding hydrogens is 400 g/mol. The van der Waals surface area contributed by atoms with E-state index in [2.05, 4.69) is 118 Å². The summed E-state index contributed by atoms with van der Waals surface area (Å²) in [4.78, 5) is 0. The highest BCUT2D eigenvalue weighted by Gasteiger charge is 2.25. The number of benzene rings is 5. The second-order valence-corrected chi connectivity index (χ2v) is 9.02. The fourth-order valence-corrected chi connectivity index (χ4v) is 5.70. The maximum absolute atomic E-state index is 2.47. The summed E-state index contributed by atoms with van der Waals surface area (Å²) in [7, 11) is 0. The molecule has 1 aliphatic carbocycles. The van der Waals surface area contributed by atoms with E-state index in [-0.39, 0.29) is 0 Å². The second kappa shape index (κ2) is 6.14. The first-order chi connectivity index (χ1) is 16.4. The molecule has 0 aliphatic heterocycles. The number of hydrogen-bond acceptors (Lipinski definition) is 0. The highest BCUT2D eigenvalue weighted by atomic mass is 15.0. The Hall–Kier alpha value is -4.30. The molecule has 5 aromatic carbocycles. The van der Waals surface area contributed by atoms with Gasteiger partial charge in [-0.3, -0.25) is 0 Å². The number of rotatable bonds is 2. The van der Waals surface area contributed by atoms with Crippen LogP contribution >= 0.6 is 0 Å². The van der Waals surface area contributed by atoms with Gasteiger partial charge in [-0.1, -0.05) is 72.8 Å². The van der Waals surface area contributed by atoms with Crippen LogP contribution in [0.2, 0.25) is 0 Å². The van der Waals surface area contributed by atoms with Crippen LogP contribution in [0.25, 0.3) is 55.0 Å². The molecule has 33 heavy (non-hydrogen) atoms. The Bertz CT molecular complexity index is 1840. The third-order valence-corrected chi connectivity index (χ3v) is 7.21. The maximum Gasteiger partial charge on any atom is 0.0579 e. The quantitative estimate of drug-likeness (QED) is 0.270. The molecule has 0 N–H and O–H groups in total. The van der Waals surface area contributed by atoms with E-state index >= 15 is 0 Å². The summed E-state index contributed by atoms with van der Waals surface area (Å²) in [5.74, 6) is 0. The van der Waals surface area contributed by atoms with Crippen molar-refractivity contribution in [2.75, 3.05) is 0 Å². The highest BCUT2D eigenvalue weighted by molar-refractivity contribution is 6.12. The normalized spacial score (nSPS) is 12.7. The van der Waals surface area contributed by atoms with Gasteiger partial charge < -0.3 is 9.13 Å². The van der Waals surface area contributed by atoms with Crippen molar-refractivity contribution in [3.05, 3.63) is 120 Å². The van der Waals surface area contributed by atoms with Crippen LogP contribution in [0, 0.1) is 0 Å². The van der Waals surface area contributed by atoms with Crippen molar-refractivity contribution in [2.24, 2.45) is 0 Å². The maximum atomic E-state index is 2.47. The zero-order chi connectivity index (χ0) is 21.5. The first-order valence-electron chi connectivity index (χ1n) is 11.5. The van der Waals surface area contributed by atoms with Gasteiger partial charge in [0.05, 0.1) is 22.1 Å². The fraction of sp³-hybridized carbons (Fsp3) is 0.0323. The zero-order valence-corrected chi connectivity index (χ0v) is 18.0. The molecule has 0 fully saturated rings. The Morgan fingerprint density at radius 2 is 1.00 bits per heavy atom. The average molecular weight is 421 g/mol. The third kappa shape index (κ3) is 2.27. The predicted octanol–water partition coefficient (Wildman–Crippen LogP) is 7.79. The molecule has 0 bridgehead atoms. The molecule has 2 aromatic heterocycles. The van der Waals surface area contributed by atoms with Gasteiger partial charge in [-0.05, 0) is 47.5 Å². The lowest BCUT2D eigenvalue weighted by atomic mass is 10.2. The number of fused-ring (bicyclic) bond motifs is 8. The third-order valence-electron chi connectivity index (χ3n) is 7.21. The van der Waals surface area contributed by atoms with Crippen molar-refractivity contribution in [2.45, 2.75) is 6.42 Å². The summed E-state index contributed by atoms with van der Waals surface area (Å²) in [5, 5.41) is 5.26. The van der Waals surface area contributed by atoms with E-state index < -0.39 is 0 Å². The summed E-state index contributed by atoms with van der Waals surface area (Å²) in [5.41, 5.74) is 10.5. The lowest BCUT2D eigenvalue weighted by molar-refractivity contribution is 1.13. The molecule has 0 unspecified atom stereocenters. The van der Waals surface area contributed by atoms with Crippen LogP contribution in [0.4, 0.5) is 0 Å². The SMILES string of the molecule is c1cc(-n2c3ccccc3c3ccccc32)cc(-n2c3ccccc3c3ccc4c(c32)C4)c1. The Morgan fingerprint density at radius 3 is 1.67 bits per heavy atom. The van der Waals surface area contributed by atoms with Crippen molar-refractivity contribution < 1.29 is 0 Å². The summed E-state index contributed by atoms with van der Waals surface area (Å²) in [6.07, 6.45) is 1.10. The van der Waals surface area contributed by atoms with Gasteiger partial charge in [-0.25, -0.2) is 0 Å². The number of para-hydroxylation sites is 3. The minimum absolute atomic E-state index is 1.10. The standard InChI is InChI=1S/C31H20N2/c1-4-13-28-23(10-1)24-11-2-5-14-29(24)32(28)21-8-7-9-22(19-21)33-30-15-6-3-12-25(30)26-17-16-20-18-27(20)31(26)33/h1-17,19H,18H2. The Labute approximate surface area is 190 Å². The van der Waals surface area contributed by atoms with Crippen molar-refractivity contribution in [3.8, 4) is 11.4 Å². The summed E-state index contributed by atoms with van der Waals surface area (Å²) in [6, 6.07) is 39.8. The van der Waals surface area contributed by atoms with Gasteiger partial charge in [-0.15, -0.1) is 0 Å². The smallest absolute Gasteiger partial charge is 0.0579 e.